The summed E-state index contributed by atoms with van der Waals surface area (Å²) < 4.78 is 5.55. The Hall–Kier alpha value is -1.82. The Balaban J connectivity index is 2.32. The molecule has 1 aromatic heterocycles. The zero-order valence-electron chi connectivity index (χ0n) is 10.3. The van der Waals surface area contributed by atoms with Crippen molar-refractivity contribution < 1.29 is 14.6 Å². The lowest BCUT2D eigenvalue weighted by Gasteiger charge is -2.24. The first-order valence-electron chi connectivity index (χ1n) is 5.94. The molecule has 1 fully saturated rings. The number of nitrogens with two attached hydrogens (primary N) is 1. The summed E-state index contributed by atoms with van der Waals surface area (Å²) in [6, 6.07) is 1.42. The van der Waals surface area contributed by atoms with Crippen molar-refractivity contribution in [3.05, 3.63) is 17.8 Å². The zero-order valence-corrected chi connectivity index (χ0v) is 10.3. The first-order chi connectivity index (χ1) is 8.59. The third-order valence-corrected chi connectivity index (χ3v) is 2.95. The van der Waals surface area contributed by atoms with Crippen LogP contribution in [0.5, 0.6) is 0 Å². The summed E-state index contributed by atoms with van der Waals surface area (Å²) >= 11 is 0. The number of carboxylic acid groups (broad SMARTS) is 1. The number of pyridine rings is 1. The number of carbonyl (C=O) groups is 1. The van der Waals surface area contributed by atoms with Crippen LogP contribution in [0.15, 0.2) is 12.3 Å². The number of nitrogens with zero attached hydrogens (tertiary/aromatic N) is 2. The maximum atomic E-state index is 11.0. The normalized spacial score (nSPS) is 20.5. The van der Waals surface area contributed by atoms with E-state index in [0.29, 0.717) is 19.0 Å². The van der Waals surface area contributed by atoms with Gasteiger partial charge in [-0.05, 0) is 19.4 Å². The largest absolute Gasteiger partial charge is 0.478 e. The van der Waals surface area contributed by atoms with Crippen LogP contribution in [0.3, 0.4) is 0 Å². The maximum Gasteiger partial charge on any atom is 0.337 e. The Morgan fingerprint density at radius 3 is 3.17 bits per heavy atom. The number of anilines is 2. The summed E-state index contributed by atoms with van der Waals surface area (Å²) in [6.45, 7) is 4.12. The number of aromatic nitrogens is 1. The van der Waals surface area contributed by atoms with Crippen molar-refractivity contribution in [2.45, 2.75) is 19.4 Å². The Morgan fingerprint density at radius 2 is 2.44 bits per heavy atom. The van der Waals surface area contributed by atoms with Crippen LogP contribution in [0.25, 0.3) is 0 Å². The number of rotatable bonds is 2. The third-order valence-electron chi connectivity index (χ3n) is 2.95. The van der Waals surface area contributed by atoms with E-state index in [9.17, 15) is 4.79 Å². The molecule has 1 aromatic rings. The van der Waals surface area contributed by atoms with Gasteiger partial charge in [-0.1, -0.05) is 0 Å². The summed E-state index contributed by atoms with van der Waals surface area (Å²) in [5.74, 6) is -0.498. The molecule has 0 spiro atoms. The van der Waals surface area contributed by atoms with Gasteiger partial charge >= 0.3 is 5.97 Å². The molecule has 0 aromatic carbocycles. The quantitative estimate of drug-likeness (QED) is 0.814. The Morgan fingerprint density at radius 1 is 1.67 bits per heavy atom. The van der Waals surface area contributed by atoms with Crippen LogP contribution in [0.4, 0.5) is 11.5 Å². The van der Waals surface area contributed by atoms with E-state index in [1.165, 1.54) is 12.3 Å². The SMILES string of the molecule is CC1CN(c2nccc(C(=O)O)c2N)CCCO1. The number of hydrogen-bond acceptors (Lipinski definition) is 5. The minimum atomic E-state index is -1.03. The highest BCUT2D eigenvalue weighted by atomic mass is 16.5. The molecule has 2 rings (SSSR count). The van der Waals surface area contributed by atoms with Crippen LogP contribution in [0.2, 0.25) is 0 Å². The molecule has 0 bridgehead atoms. The van der Waals surface area contributed by atoms with Gasteiger partial charge in [0.1, 0.15) is 0 Å². The molecule has 1 aliphatic heterocycles. The first-order valence-corrected chi connectivity index (χ1v) is 5.94. The van der Waals surface area contributed by atoms with Crippen molar-refractivity contribution >= 4 is 17.5 Å². The highest BCUT2D eigenvalue weighted by Gasteiger charge is 2.21. The van der Waals surface area contributed by atoms with Crippen LogP contribution in [-0.4, -0.2) is 41.9 Å². The highest BCUT2D eigenvalue weighted by Crippen LogP contribution is 2.25. The Kier molecular flexibility index (Phi) is 3.66. The van der Waals surface area contributed by atoms with E-state index in [1.54, 1.807) is 0 Å². The highest BCUT2D eigenvalue weighted by molar-refractivity contribution is 5.96. The molecule has 6 nitrogen and oxygen atoms in total. The first kappa shape index (κ1) is 12.6. The minimum absolute atomic E-state index is 0.0854. The maximum absolute atomic E-state index is 11.0. The van der Waals surface area contributed by atoms with Crippen LogP contribution in [-0.2, 0) is 4.74 Å². The zero-order chi connectivity index (χ0) is 13.1. The van der Waals surface area contributed by atoms with Crippen molar-refractivity contribution in [3.63, 3.8) is 0 Å². The number of nitrogen functional groups attached to an aromatic ring is 1. The molecule has 1 saturated heterocycles. The van der Waals surface area contributed by atoms with Gasteiger partial charge in [0.2, 0.25) is 0 Å². The van der Waals surface area contributed by atoms with Crippen LogP contribution >= 0.6 is 0 Å². The second kappa shape index (κ2) is 5.22. The monoisotopic (exact) mass is 251 g/mol. The smallest absolute Gasteiger partial charge is 0.337 e. The molecule has 0 radical (unpaired) electrons. The van der Waals surface area contributed by atoms with E-state index in [4.69, 9.17) is 15.6 Å². The number of ether oxygens (including phenoxy) is 1. The summed E-state index contributed by atoms with van der Waals surface area (Å²) in [5, 5.41) is 9.05. The second-order valence-corrected chi connectivity index (χ2v) is 4.38. The van der Waals surface area contributed by atoms with Gasteiger partial charge < -0.3 is 20.5 Å². The number of hydrogen-bond donors (Lipinski definition) is 2. The van der Waals surface area contributed by atoms with Crippen LogP contribution in [0.1, 0.15) is 23.7 Å². The predicted molar refractivity (Wildman–Crippen MR) is 67.9 cm³/mol. The molecular formula is C12H17N3O3. The standard InChI is InChI=1S/C12H17N3O3/c1-8-7-15(5-2-6-18-8)11-10(13)9(12(16)17)3-4-14-11/h3-4,8H,2,5-7,13H2,1H3,(H,16,17). The van der Waals surface area contributed by atoms with Crippen molar-refractivity contribution in [3.8, 4) is 0 Å². The van der Waals surface area contributed by atoms with Crippen molar-refractivity contribution in [2.75, 3.05) is 30.3 Å². The van der Waals surface area contributed by atoms with Crippen molar-refractivity contribution in [1.29, 1.82) is 0 Å². The summed E-state index contributed by atoms with van der Waals surface area (Å²) in [4.78, 5) is 17.2. The molecular weight excluding hydrogens is 234 g/mol. The van der Waals surface area contributed by atoms with Crippen LogP contribution in [0, 0.1) is 0 Å². The van der Waals surface area contributed by atoms with E-state index >= 15 is 0 Å². The fourth-order valence-corrected chi connectivity index (χ4v) is 2.09. The predicted octanol–water partition coefficient (Wildman–Crippen LogP) is 0.977. The summed E-state index contributed by atoms with van der Waals surface area (Å²) in [7, 11) is 0. The van der Waals surface area contributed by atoms with Crippen molar-refractivity contribution in [2.24, 2.45) is 0 Å². The van der Waals surface area contributed by atoms with Gasteiger partial charge in [0, 0.05) is 25.9 Å². The van der Waals surface area contributed by atoms with Gasteiger partial charge in [0.05, 0.1) is 17.4 Å². The van der Waals surface area contributed by atoms with E-state index in [0.717, 1.165) is 13.0 Å². The summed E-state index contributed by atoms with van der Waals surface area (Å²) in [5.41, 5.74) is 6.20. The number of carboxylic acids is 1. The van der Waals surface area contributed by atoms with E-state index in [2.05, 4.69) is 4.98 Å². The lowest BCUT2D eigenvalue weighted by molar-refractivity contribution is 0.0698. The molecule has 0 amide bonds. The van der Waals surface area contributed by atoms with E-state index in [1.807, 2.05) is 11.8 Å². The van der Waals surface area contributed by atoms with Gasteiger partial charge in [0.15, 0.2) is 5.82 Å². The average Bonchev–Trinajstić information content (AvgIpc) is 2.53. The molecule has 2 heterocycles. The topological polar surface area (TPSA) is 88.7 Å². The van der Waals surface area contributed by atoms with Gasteiger partial charge in [-0.2, -0.15) is 0 Å². The summed E-state index contributed by atoms with van der Waals surface area (Å²) in [6.07, 6.45) is 2.44. The van der Waals surface area contributed by atoms with Gasteiger partial charge in [0.25, 0.3) is 0 Å². The van der Waals surface area contributed by atoms with Crippen molar-refractivity contribution in [1.82, 2.24) is 4.98 Å². The van der Waals surface area contributed by atoms with Crippen LogP contribution < -0.4 is 10.6 Å². The molecule has 98 valence electrons. The molecule has 0 saturated carbocycles. The average molecular weight is 251 g/mol. The van der Waals surface area contributed by atoms with E-state index < -0.39 is 5.97 Å². The van der Waals surface area contributed by atoms with E-state index in [-0.39, 0.29) is 17.4 Å². The molecule has 1 atom stereocenters. The van der Waals surface area contributed by atoms with Gasteiger partial charge in [-0.3, -0.25) is 0 Å². The Bertz CT molecular complexity index is 450. The molecule has 6 heteroatoms. The number of aromatic carboxylic acids is 1. The second-order valence-electron chi connectivity index (χ2n) is 4.38. The molecule has 1 aliphatic rings. The lowest BCUT2D eigenvalue weighted by Crippen LogP contribution is -2.31. The lowest BCUT2D eigenvalue weighted by atomic mass is 10.2. The fourth-order valence-electron chi connectivity index (χ4n) is 2.09. The minimum Gasteiger partial charge on any atom is -0.478 e. The molecule has 0 aliphatic carbocycles. The molecule has 18 heavy (non-hydrogen) atoms. The van der Waals surface area contributed by atoms with Gasteiger partial charge in [-0.15, -0.1) is 0 Å². The Labute approximate surface area is 105 Å². The van der Waals surface area contributed by atoms with Gasteiger partial charge in [-0.25, -0.2) is 9.78 Å². The molecule has 3 N–H and O–H groups in total. The molecule has 1 unspecified atom stereocenters. The third kappa shape index (κ3) is 2.53. The fraction of sp³-hybridized carbons (Fsp3) is 0.500.